The molecule has 0 fully saturated rings. The quantitative estimate of drug-likeness (QED) is 0.465. The third-order valence-electron chi connectivity index (χ3n) is 1.09. The maximum atomic E-state index is 4.13. The predicted octanol–water partition coefficient (Wildman–Crippen LogP) is 2.84. The standard InChI is InChI=1S/C7H16S2/c1-2-3-6-9-7-4-5-8/h8H,2-7H2,1H3. The van der Waals surface area contributed by atoms with Gasteiger partial charge in [-0.05, 0) is 30.1 Å². The molecule has 0 aromatic rings. The van der Waals surface area contributed by atoms with Gasteiger partial charge in [0.15, 0.2) is 0 Å². The van der Waals surface area contributed by atoms with Gasteiger partial charge in [-0.1, -0.05) is 13.3 Å². The van der Waals surface area contributed by atoms with Crippen molar-refractivity contribution in [1.29, 1.82) is 0 Å². The number of hydrogen-bond donors (Lipinski definition) is 1. The molecule has 0 saturated carbocycles. The zero-order valence-electron chi connectivity index (χ0n) is 6.10. The summed E-state index contributed by atoms with van der Waals surface area (Å²) in [5, 5.41) is 0. The van der Waals surface area contributed by atoms with Crippen LogP contribution in [0.5, 0.6) is 0 Å². The van der Waals surface area contributed by atoms with Gasteiger partial charge in [-0.3, -0.25) is 0 Å². The molecule has 0 bridgehead atoms. The number of hydrogen-bond acceptors (Lipinski definition) is 2. The van der Waals surface area contributed by atoms with Gasteiger partial charge >= 0.3 is 0 Å². The fraction of sp³-hybridized carbons (Fsp3) is 1.00. The average Bonchev–Trinajstić information content (AvgIpc) is 1.89. The van der Waals surface area contributed by atoms with E-state index in [0.717, 1.165) is 5.75 Å². The zero-order chi connectivity index (χ0) is 6.95. The first-order chi connectivity index (χ1) is 4.41. The average molecular weight is 164 g/mol. The Morgan fingerprint density at radius 2 is 1.89 bits per heavy atom. The Hall–Kier alpha value is 0.700. The topological polar surface area (TPSA) is 0 Å². The Morgan fingerprint density at radius 1 is 1.22 bits per heavy atom. The molecule has 0 radical (unpaired) electrons. The summed E-state index contributed by atoms with van der Waals surface area (Å²) in [6, 6.07) is 0. The minimum atomic E-state index is 1.04. The zero-order valence-corrected chi connectivity index (χ0v) is 7.81. The highest BCUT2D eigenvalue weighted by Crippen LogP contribution is 2.05. The van der Waals surface area contributed by atoms with Gasteiger partial charge in [0, 0.05) is 0 Å². The molecule has 56 valence electrons. The molecule has 0 rings (SSSR count). The summed E-state index contributed by atoms with van der Waals surface area (Å²) in [5.41, 5.74) is 0. The van der Waals surface area contributed by atoms with Crippen LogP contribution in [0.3, 0.4) is 0 Å². The smallest absolute Gasteiger partial charge is 0.00598 e. The SMILES string of the molecule is CCCCSCCCS. The summed E-state index contributed by atoms with van der Waals surface area (Å²) < 4.78 is 0. The van der Waals surface area contributed by atoms with Crippen molar-refractivity contribution in [3.63, 3.8) is 0 Å². The van der Waals surface area contributed by atoms with Crippen molar-refractivity contribution in [2.75, 3.05) is 17.3 Å². The lowest BCUT2D eigenvalue weighted by Gasteiger charge is -1.96. The van der Waals surface area contributed by atoms with E-state index in [1.54, 1.807) is 0 Å². The van der Waals surface area contributed by atoms with Crippen molar-refractivity contribution in [2.45, 2.75) is 26.2 Å². The Kier molecular flexibility index (Phi) is 9.38. The van der Waals surface area contributed by atoms with Crippen molar-refractivity contribution in [3.8, 4) is 0 Å². The van der Waals surface area contributed by atoms with Crippen molar-refractivity contribution < 1.29 is 0 Å². The van der Waals surface area contributed by atoms with Crippen molar-refractivity contribution >= 4 is 24.4 Å². The third kappa shape index (κ3) is 8.70. The predicted molar refractivity (Wildman–Crippen MR) is 50.7 cm³/mol. The minimum Gasteiger partial charge on any atom is -0.179 e. The van der Waals surface area contributed by atoms with Crippen LogP contribution in [-0.4, -0.2) is 17.3 Å². The monoisotopic (exact) mass is 164 g/mol. The third-order valence-corrected chi connectivity index (χ3v) is 2.56. The Balaban J connectivity index is 2.60. The van der Waals surface area contributed by atoms with Gasteiger partial charge in [-0.15, -0.1) is 0 Å². The molecule has 0 atom stereocenters. The Bertz CT molecular complexity index is 40.2. The first kappa shape index (κ1) is 9.70. The highest BCUT2D eigenvalue weighted by atomic mass is 32.2. The van der Waals surface area contributed by atoms with Gasteiger partial charge < -0.3 is 0 Å². The van der Waals surface area contributed by atoms with E-state index in [0.29, 0.717) is 0 Å². The van der Waals surface area contributed by atoms with Crippen LogP contribution in [0.2, 0.25) is 0 Å². The van der Waals surface area contributed by atoms with E-state index in [4.69, 9.17) is 0 Å². The molecule has 0 aliphatic carbocycles. The molecule has 0 N–H and O–H groups in total. The molecule has 0 saturated heterocycles. The van der Waals surface area contributed by atoms with E-state index in [1.807, 2.05) is 0 Å². The van der Waals surface area contributed by atoms with E-state index < -0.39 is 0 Å². The van der Waals surface area contributed by atoms with Crippen LogP contribution >= 0.6 is 24.4 Å². The fourth-order valence-electron chi connectivity index (χ4n) is 0.515. The molecular weight excluding hydrogens is 148 g/mol. The number of thioether (sulfide) groups is 1. The van der Waals surface area contributed by atoms with Crippen LogP contribution < -0.4 is 0 Å². The van der Waals surface area contributed by atoms with Crippen LogP contribution in [-0.2, 0) is 0 Å². The molecule has 0 unspecified atom stereocenters. The lowest BCUT2D eigenvalue weighted by molar-refractivity contribution is 0.895. The second-order valence-corrected chi connectivity index (χ2v) is 3.72. The molecule has 0 aliphatic heterocycles. The summed E-state index contributed by atoms with van der Waals surface area (Å²) in [4.78, 5) is 0. The van der Waals surface area contributed by atoms with Crippen molar-refractivity contribution in [1.82, 2.24) is 0 Å². The van der Waals surface area contributed by atoms with Crippen LogP contribution in [0.1, 0.15) is 26.2 Å². The summed E-state index contributed by atoms with van der Waals surface area (Å²) in [7, 11) is 0. The van der Waals surface area contributed by atoms with Crippen LogP contribution in [0.25, 0.3) is 0 Å². The number of unbranched alkanes of at least 4 members (excludes halogenated alkanes) is 1. The largest absolute Gasteiger partial charge is 0.179 e. The maximum absolute atomic E-state index is 4.13. The van der Waals surface area contributed by atoms with E-state index in [9.17, 15) is 0 Å². The van der Waals surface area contributed by atoms with Gasteiger partial charge in [-0.2, -0.15) is 24.4 Å². The highest BCUT2D eigenvalue weighted by molar-refractivity contribution is 7.99. The summed E-state index contributed by atoms with van der Waals surface area (Å²) in [6.07, 6.45) is 3.96. The van der Waals surface area contributed by atoms with E-state index in [-0.39, 0.29) is 0 Å². The highest BCUT2D eigenvalue weighted by Gasteiger charge is 1.85. The maximum Gasteiger partial charge on any atom is -0.00598 e. The van der Waals surface area contributed by atoms with Crippen LogP contribution in [0.15, 0.2) is 0 Å². The summed E-state index contributed by atoms with van der Waals surface area (Å²) >= 11 is 6.19. The van der Waals surface area contributed by atoms with E-state index in [1.165, 1.54) is 30.8 Å². The van der Waals surface area contributed by atoms with Gasteiger partial charge in [-0.25, -0.2) is 0 Å². The number of rotatable bonds is 6. The molecule has 0 aromatic heterocycles. The molecule has 9 heavy (non-hydrogen) atoms. The second-order valence-electron chi connectivity index (χ2n) is 2.04. The molecule has 0 aliphatic rings. The molecule has 2 heteroatoms. The minimum absolute atomic E-state index is 1.04. The van der Waals surface area contributed by atoms with Gasteiger partial charge in [0.1, 0.15) is 0 Å². The van der Waals surface area contributed by atoms with E-state index in [2.05, 4.69) is 31.3 Å². The Labute approximate surface area is 68.2 Å². The Morgan fingerprint density at radius 3 is 2.44 bits per heavy atom. The first-order valence-electron chi connectivity index (χ1n) is 3.60. The normalized spacial score (nSPS) is 10.0. The van der Waals surface area contributed by atoms with Crippen LogP contribution in [0, 0.1) is 0 Å². The number of thiol groups is 1. The second kappa shape index (κ2) is 8.70. The summed E-state index contributed by atoms with van der Waals surface area (Å²) in [6.45, 7) is 2.24. The van der Waals surface area contributed by atoms with E-state index >= 15 is 0 Å². The molecular formula is C7H16S2. The lowest BCUT2D eigenvalue weighted by Crippen LogP contribution is -1.83. The van der Waals surface area contributed by atoms with Gasteiger partial charge in [0.25, 0.3) is 0 Å². The van der Waals surface area contributed by atoms with Crippen molar-refractivity contribution in [2.24, 2.45) is 0 Å². The fourth-order valence-corrected chi connectivity index (χ4v) is 1.93. The molecule has 0 heterocycles. The molecule has 0 nitrogen and oxygen atoms in total. The molecule has 0 spiro atoms. The van der Waals surface area contributed by atoms with Gasteiger partial charge in [0.2, 0.25) is 0 Å². The summed E-state index contributed by atoms with van der Waals surface area (Å²) in [5.74, 6) is 3.67. The molecule has 0 amide bonds. The van der Waals surface area contributed by atoms with Crippen LogP contribution in [0.4, 0.5) is 0 Å². The van der Waals surface area contributed by atoms with Crippen molar-refractivity contribution in [3.05, 3.63) is 0 Å². The lowest BCUT2D eigenvalue weighted by atomic mass is 10.4. The first-order valence-corrected chi connectivity index (χ1v) is 5.39. The molecule has 0 aromatic carbocycles. The van der Waals surface area contributed by atoms with Gasteiger partial charge in [0.05, 0.1) is 0 Å².